The second kappa shape index (κ2) is 5.58. The highest BCUT2D eigenvalue weighted by Gasteiger charge is 2.58. The van der Waals surface area contributed by atoms with Crippen LogP contribution < -0.4 is 5.32 Å². The minimum absolute atomic E-state index is 0.0926. The standard InChI is InChI=1S/C19H20N2O3/c1-11-2-6-14(7-3-11)20-15(22)8-9-21-18(23)16-12-4-5-13(10-12)17(16)19(21)24/h2-7,12-13,16-17H,8-10H2,1H3,(H,20,22)/t12-,13-,16-,17-/m0/s1. The first kappa shape index (κ1) is 15.1. The lowest BCUT2D eigenvalue weighted by Crippen LogP contribution is -2.35. The molecule has 2 fully saturated rings. The maximum absolute atomic E-state index is 12.5. The van der Waals surface area contributed by atoms with E-state index < -0.39 is 0 Å². The molecular weight excluding hydrogens is 304 g/mol. The number of aryl methyl sites for hydroxylation is 1. The van der Waals surface area contributed by atoms with Crippen LogP contribution in [0.1, 0.15) is 18.4 Å². The number of anilines is 1. The van der Waals surface area contributed by atoms with E-state index in [2.05, 4.69) is 17.5 Å². The Balaban J connectivity index is 1.36. The molecule has 5 nitrogen and oxygen atoms in total. The number of nitrogens with zero attached hydrogens (tertiary/aromatic N) is 1. The van der Waals surface area contributed by atoms with Gasteiger partial charge in [-0.3, -0.25) is 19.3 Å². The van der Waals surface area contributed by atoms with Crippen LogP contribution in [0.2, 0.25) is 0 Å². The number of amides is 3. The van der Waals surface area contributed by atoms with Crippen molar-refractivity contribution in [3.63, 3.8) is 0 Å². The van der Waals surface area contributed by atoms with E-state index >= 15 is 0 Å². The molecule has 3 amide bonds. The Morgan fingerprint density at radius 2 is 1.67 bits per heavy atom. The van der Waals surface area contributed by atoms with Crippen LogP contribution in [-0.2, 0) is 14.4 Å². The van der Waals surface area contributed by atoms with E-state index in [-0.39, 0.29) is 54.4 Å². The number of benzene rings is 1. The van der Waals surface area contributed by atoms with Crippen molar-refractivity contribution in [2.45, 2.75) is 19.8 Å². The smallest absolute Gasteiger partial charge is 0.233 e. The van der Waals surface area contributed by atoms with Crippen molar-refractivity contribution in [3.05, 3.63) is 42.0 Å². The predicted octanol–water partition coefficient (Wildman–Crippen LogP) is 2.13. The molecule has 1 saturated carbocycles. The Morgan fingerprint density at radius 1 is 1.08 bits per heavy atom. The molecule has 1 aromatic carbocycles. The summed E-state index contributed by atoms with van der Waals surface area (Å²) < 4.78 is 0. The van der Waals surface area contributed by atoms with Gasteiger partial charge < -0.3 is 5.32 Å². The highest BCUT2D eigenvalue weighted by atomic mass is 16.2. The summed E-state index contributed by atoms with van der Waals surface area (Å²) in [6, 6.07) is 7.53. The number of hydrogen-bond donors (Lipinski definition) is 1. The van der Waals surface area contributed by atoms with E-state index in [1.54, 1.807) is 0 Å². The van der Waals surface area contributed by atoms with Gasteiger partial charge in [0.15, 0.2) is 0 Å². The molecule has 0 unspecified atom stereocenters. The summed E-state index contributed by atoms with van der Waals surface area (Å²) in [5, 5.41) is 2.80. The van der Waals surface area contributed by atoms with Gasteiger partial charge in [-0.25, -0.2) is 0 Å². The first-order valence-electron chi connectivity index (χ1n) is 8.44. The van der Waals surface area contributed by atoms with E-state index in [0.717, 1.165) is 17.7 Å². The number of carbonyl (C=O) groups is 3. The molecule has 4 rings (SSSR count). The van der Waals surface area contributed by atoms with Crippen LogP contribution in [0.4, 0.5) is 5.69 Å². The number of fused-ring (bicyclic) bond motifs is 5. The maximum Gasteiger partial charge on any atom is 0.233 e. The molecule has 1 N–H and O–H groups in total. The SMILES string of the molecule is Cc1ccc(NC(=O)CCN2C(=O)[C@@H]3[C@@H](C2=O)[C@H]2C=C[C@H]3C2)cc1. The molecule has 5 heteroatoms. The zero-order chi connectivity index (χ0) is 16.8. The molecule has 1 aromatic rings. The number of allylic oxidation sites excluding steroid dienone is 2. The van der Waals surface area contributed by atoms with E-state index in [0.29, 0.717) is 0 Å². The number of likely N-dealkylation sites (tertiary alicyclic amines) is 1. The summed E-state index contributed by atoms with van der Waals surface area (Å²) in [6.07, 6.45) is 5.21. The molecule has 2 bridgehead atoms. The second-order valence-electron chi connectivity index (χ2n) is 6.99. The molecule has 124 valence electrons. The number of hydrogen-bond acceptors (Lipinski definition) is 3. The molecule has 2 aliphatic carbocycles. The van der Waals surface area contributed by atoms with Crippen molar-refractivity contribution in [1.29, 1.82) is 0 Å². The quantitative estimate of drug-likeness (QED) is 0.681. The fraction of sp³-hybridized carbons (Fsp3) is 0.421. The molecule has 0 radical (unpaired) electrons. The van der Waals surface area contributed by atoms with Gasteiger partial charge in [-0.05, 0) is 37.3 Å². The normalized spacial score (nSPS) is 30.1. The van der Waals surface area contributed by atoms with Gasteiger partial charge in [0.2, 0.25) is 17.7 Å². The minimum atomic E-state index is -0.187. The number of rotatable bonds is 4. The first-order valence-corrected chi connectivity index (χ1v) is 8.44. The lowest BCUT2D eigenvalue weighted by molar-refractivity contribution is -0.140. The fourth-order valence-corrected chi connectivity index (χ4v) is 4.26. The largest absolute Gasteiger partial charge is 0.326 e. The molecular formula is C19H20N2O3. The summed E-state index contributed by atoms with van der Waals surface area (Å²) in [5.41, 5.74) is 1.85. The van der Waals surface area contributed by atoms with Gasteiger partial charge in [0.1, 0.15) is 0 Å². The summed E-state index contributed by atoms with van der Waals surface area (Å²) in [4.78, 5) is 38.5. The van der Waals surface area contributed by atoms with E-state index in [9.17, 15) is 14.4 Å². The molecule has 0 spiro atoms. The number of imide groups is 1. The maximum atomic E-state index is 12.5. The van der Waals surface area contributed by atoms with Gasteiger partial charge in [0, 0.05) is 18.7 Å². The molecule has 24 heavy (non-hydrogen) atoms. The van der Waals surface area contributed by atoms with Gasteiger partial charge in [0.05, 0.1) is 11.8 Å². The zero-order valence-corrected chi connectivity index (χ0v) is 13.6. The Hall–Kier alpha value is -2.43. The number of nitrogens with one attached hydrogen (secondary N) is 1. The van der Waals surface area contributed by atoms with Crippen molar-refractivity contribution >= 4 is 23.4 Å². The lowest BCUT2D eigenvalue weighted by Gasteiger charge is -2.16. The Kier molecular flexibility index (Phi) is 3.52. The van der Waals surface area contributed by atoms with Crippen molar-refractivity contribution in [3.8, 4) is 0 Å². The monoisotopic (exact) mass is 324 g/mol. The van der Waals surface area contributed by atoms with Gasteiger partial charge in [-0.15, -0.1) is 0 Å². The van der Waals surface area contributed by atoms with Crippen LogP contribution in [0, 0.1) is 30.6 Å². The highest BCUT2D eigenvalue weighted by molar-refractivity contribution is 6.06. The van der Waals surface area contributed by atoms with Crippen LogP contribution in [0.15, 0.2) is 36.4 Å². The first-order chi connectivity index (χ1) is 11.5. The van der Waals surface area contributed by atoms with Crippen molar-refractivity contribution in [1.82, 2.24) is 4.90 Å². The molecule has 1 aliphatic heterocycles. The minimum Gasteiger partial charge on any atom is -0.326 e. The van der Waals surface area contributed by atoms with Crippen molar-refractivity contribution in [2.24, 2.45) is 23.7 Å². The Bertz CT molecular complexity index is 707. The third kappa shape index (κ3) is 2.35. The highest BCUT2D eigenvalue weighted by Crippen LogP contribution is 2.52. The van der Waals surface area contributed by atoms with Crippen LogP contribution in [0.5, 0.6) is 0 Å². The molecule has 1 heterocycles. The van der Waals surface area contributed by atoms with Gasteiger partial charge >= 0.3 is 0 Å². The van der Waals surface area contributed by atoms with Crippen LogP contribution >= 0.6 is 0 Å². The fourth-order valence-electron chi connectivity index (χ4n) is 4.26. The summed E-state index contributed by atoms with van der Waals surface area (Å²) in [7, 11) is 0. The third-order valence-corrected chi connectivity index (χ3v) is 5.46. The average molecular weight is 324 g/mol. The van der Waals surface area contributed by atoms with Crippen LogP contribution in [-0.4, -0.2) is 29.2 Å². The van der Waals surface area contributed by atoms with E-state index in [1.165, 1.54) is 4.90 Å². The summed E-state index contributed by atoms with van der Waals surface area (Å²) >= 11 is 0. The van der Waals surface area contributed by atoms with E-state index in [1.807, 2.05) is 31.2 Å². The number of carbonyl (C=O) groups excluding carboxylic acids is 3. The van der Waals surface area contributed by atoms with E-state index in [4.69, 9.17) is 0 Å². The van der Waals surface area contributed by atoms with Gasteiger partial charge in [-0.1, -0.05) is 29.8 Å². The Labute approximate surface area is 140 Å². The molecule has 3 aliphatic rings. The van der Waals surface area contributed by atoms with Crippen LogP contribution in [0.25, 0.3) is 0 Å². The van der Waals surface area contributed by atoms with Gasteiger partial charge in [0.25, 0.3) is 0 Å². The molecule has 0 aromatic heterocycles. The average Bonchev–Trinajstić information content (AvgIpc) is 3.23. The zero-order valence-electron chi connectivity index (χ0n) is 13.6. The Morgan fingerprint density at radius 3 is 2.25 bits per heavy atom. The summed E-state index contributed by atoms with van der Waals surface area (Å²) in [5.74, 6) is -0.321. The van der Waals surface area contributed by atoms with Gasteiger partial charge in [-0.2, -0.15) is 0 Å². The van der Waals surface area contributed by atoms with Crippen molar-refractivity contribution < 1.29 is 14.4 Å². The third-order valence-electron chi connectivity index (χ3n) is 5.46. The van der Waals surface area contributed by atoms with Crippen molar-refractivity contribution in [2.75, 3.05) is 11.9 Å². The molecule has 1 saturated heterocycles. The predicted molar refractivity (Wildman–Crippen MR) is 88.9 cm³/mol. The second-order valence-corrected chi connectivity index (χ2v) is 6.99. The summed E-state index contributed by atoms with van der Waals surface area (Å²) in [6.45, 7) is 2.15. The molecule has 4 atom stereocenters. The lowest BCUT2D eigenvalue weighted by atomic mass is 9.85. The topological polar surface area (TPSA) is 66.5 Å². The van der Waals surface area contributed by atoms with Crippen LogP contribution in [0.3, 0.4) is 0 Å².